The molecule has 0 saturated heterocycles. The van der Waals surface area contributed by atoms with Crippen molar-refractivity contribution in [2.45, 2.75) is 38.9 Å². The molecule has 0 aliphatic heterocycles. The molecule has 17 heavy (non-hydrogen) atoms. The van der Waals surface area contributed by atoms with Gasteiger partial charge in [-0.05, 0) is 12.3 Å². The lowest BCUT2D eigenvalue weighted by Gasteiger charge is -2.19. The van der Waals surface area contributed by atoms with Crippen LogP contribution in [0.1, 0.15) is 26.7 Å². The number of hydrogen-bond donors (Lipinski definition) is 2. The Morgan fingerprint density at radius 1 is 1.29 bits per heavy atom. The maximum atomic E-state index is 11.8. The highest BCUT2D eigenvalue weighted by Gasteiger charge is 2.28. The van der Waals surface area contributed by atoms with Crippen molar-refractivity contribution in [3.8, 4) is 0 Å². The molecule has 0 heterocycles. The molecule has 0 aliphatic carbocycles. The Kier molecular flexibility index (Phi) is 6.42. The van der Waals surface area contributed by atoms with E-state index in [0.717, 1.165) is 0 Å². The van der Waals surface area contributed by atoms with Crippen LogP contribution in [0.15, 0.2) is 0 Å². The maximum Gasteiger partial charge on any atom is 0.389 e. The Labute approximate surface area is 99.3 Å². The van der Waals surface area contributed by atoms with Crippen molar-refractivity contribution in [2.75, 3.05) is 12.4 Å². The fourth-order valence-corrected chi connectivity index (χ4v) is 2.59. The van der Waals surface area contributed by atoms with E-state index in [-0.39, 0.29) is 12.5 Å². The largest absolute Gasteiger partial charge is 0.395 e. The summed E-state index contributed by atoms with van der Waals surface area (Å²) < 4.78 is 60.5. The summed E-state index contributed by atoms with van der Waals surface area (Å²) in [6, 6.07) is -0.661. The first-order valence-corrected chi connectivity index (χ1v) is 6.90. The van der Waals surface area contributed by atoms with Crippen LogP contribution in [0.5, 0.6) is 0 Å². The first-order valence-electron chi connectivity index (χ1n) is 5.25. The SMILES string of the molecule is CC(C)C(CO)NS(=O)(=O)CCCC(F)(F)F. The number of sulfonamides is 1. The second kappa shape index (κ2) is 6.55. The minimum atomic E-state index is -4.34. The summed E-state index contributed by atoms with van der Waals surface area (Å²) >= 11 is 0. The molecule has 2 N–H and O–H groups in total. The van der Waals surface area contributed by atoms with Gasteiger partial charge < -0.3 is 5.11 Å². The highest BCUT2D eigenvalue weighted by atomic mass is 32.2. The van der Waals surface area contributed by atoms with Gasteiger partial charge in [-0.15, -0.1) is 0 Å². The third-order valence-electron chi connectivity index (χ3n) is 2.21. The number of aliphatic hydroxyl groups is 1. The number of rotatable bonds is 7. The third-order valence-corrected chi connectivity index (χ3v) is 3.69. The molecule has 1 atom stereocenters. The van der Waals surface area contributed by atoms with E-state index in [1.807, 2.05) is 0 Å². The second-order valence-electron chi connectivity index (χ2n) is 4.19. The smallest absolute Gasteiger partial charge is 0.389 e. The summed E-state index contributed by atoms with van der Waals surface area (Å²) in [6.07, 6.45) is -5.95. The van der Waals surface area contributed by atoms with Crippen molar-refractivity contribution in [3.05, 3.63) is 0 Å². The fraction of sp³-hybridized carbons (Fsp3) is 1.00. The summed E-state index contributed by atoms with van der Waals surface area (Å²) in [5.74, 6) is -0.715. The van der Waals surface area contributed by atoms with E-state index in [4.69, 9.17) is 5.11 Å². The first kappa shape index (κ1) is 16.7. The molecule has 0 bridgehead atoms. The van der Waals surface area contributed by atoms with Crippen LogP contribution < -0.4 is 4.72 Å². The monoisotopic (exact) mass is 277 g/mol. The van der Waals surface area contributed by atoms with Gasteiger partial charge in [0.25, 0.3) is 0 Å². The van der Waals surface area contributed by atoms with Gasteiger partial charge >= 0.3 is 6.18 Å². The van der Waals surface area contributed by atoms with Crippen molar-refractivity contribution in [2.24, 2.45) is 5.92 Å². The van der Waals surface area contributed by atoms with Gasteiger partial charge in [0, 0.05) is 12.5 Å². The van der Waals surface area contributed by atoms with Crippen molar-refractivity contribution in [3.63, 3.8) is 0 Å². The summed E-state index contributed by atoms with van der Waals surface area (Å²) in [5, 5.41) is 8.91. The molecule has 0 saturated carbocycles. The van der Waals surface area contributed by atoms with E-state index < -0.39 is 40.8 Å². The molecule has 0 aromatic heterocycles. The standard InChI is InChI=1S/C9H18F3NO3S/c1-7(2)8(6-14)13-17(15,16)5-3-4-9(10,11)12/h7-8,13-14H,3-6H2,1-2H3. The van der Waals surface area contributed by atoms with Gasteiger partial charge in [0.15, 0.2) is 0 Å². The van der Waals surface area contributed by atoms with Crippen molar-refractivity contribution in [1.29, 1.82) is 0 Å². The molecule has 104 valence electrons. The summed E-state index contributed by atoms with van der Waals surface area (Å²) in [7, 11) is -3.77. The molecular weight excluding hydrogens is 259 g/mol. The van der Waals surface area contributed by atoms with E-state index in [1.165, 1.54) is 0 Å². The van der Waals surface area contributed by atoms with Crippen molar-refractivity contribution in [1.82, 2.24) is 4.72 Å². The Bertz CT molecular complexity index is 314. The Balaban J connectivity index is 4.21. The average molecular weight is 277 g/mol. The predicted molar refractivity (Wildman–Crippen MR) is 57.9 cm³/mol. The quantitative estimate of drug-likeness (QED) is 0.736. The van der Waals surface area contributed by atoms with E-state index >= 15 is 0 Å². The molecule has 0 aromatic carbocycles. The maximum absolute atomic E-state index is 11.8. The predicted octanol–water partition coefficient (Wildman–Crippen LogP) is 1.27. The second-order valence-corrected chi connectivity index (χ2v) is 6.06. The van der Waals surface area contributed by atoms with Crippen LogP contribution in [0, 0.1) is 5.92 Å². The molecule has 0 amide bonds. The van der Waals surface area contributed by atoms with Crippen molar-refractivity contribution >= 4 is 10.0 Å². The van der Waals surface area contributed by atoms with Crippen LogP contribution in [0.25, 0.3) is 0 Å². The third kappa shape index (κ3) is 8.39. The topological polar surface area (TPSA) is 66.4 Å². The van der Waals surface area contributed by atoms with Crippen LogP contribution in [-0.4, -0.2) is 38.1 Å². The van der Waals surface area contributed by atoms with Gasteiger partial charge in [0.1, 0.15) is 0 Å². The lowest BCUT2D eigenvalue weighted by atomic mass is 10.1. The summed E-state index contributed by atoms with van der Waals surface area (Å²) in [4.78, 5) is 0. The lowest BCUT2D eigenvalue weighted by Crippen LogP contribution is -2.42. The minimum absolute atomic E-state index is 0.127. The lowest BCUT2D eigenvalue weighted by molar-refractivity contribution is -0.134. The van der Waals surface area contributed by atoms with Crippen LogP contribution in [0.4, 0.5) is 13.2 Å². The fourth-order valence-electron chi connectivity index (χ4n) is 1.14. The highest BCUT2D eigenvalue weighted by Crippen LogP contribution is 2.21. The molecule has 8 heteroatoms. The highest BCUT2D eigenvalue weighted by molar-refractivity contribution is 7.89. The Morgan fingerprint density at radius 3 is 2.18 bits per heavy atom. The van der Waals surface area contributed by atoms with Crippen molar-refractivity contribution < 1.29 is 26.7 Å². The zero-order valence-electron chi connectivity index (χ0n) is 9.79. The molecule has 0 rings (SSSR count). The Morgan fingerprint density at radius 2 is 1.82 bits per heavy atom. The normalized spacial score (nSPS) is 15.2. The van der Waals surface area contributed by atoms with Gasteiger partial charge in [-0.3, -0.25) is 0 Å². The molecule has 0 radical (unpaired) electrons. The van der Waals surface area contributed by atoms with Gasteiger partial charge in [-0.25, -0.2) is 13.1 Å². The van der Waals surface area contributed by atoms with Gasteiger partial charge in [-0.1, -0.05) is 13.8 Å². The van der Waals surface area contributed by atoms with Crippen LogP contribution in [0.2, 0.25) is 0 Å². The molecule has 0 aliphatic rings. The van der Waals surface area contributed by atoms with E-state index in [1.54, 1.807) is 13.8 Å². The van der Waals surface area contributed by atoms with Crippen LogP contribution in [-0.2, 0) is 10.0 Å². The summed E-state index contributed by atoms with van der Waals surface area (Å²) in [6.45, 7) is 3.04. The zero-order chi connectivity index (χ0) is 13.7. The molecule has 1 unspecified atom stereocenters. The number of aliphatic hydroxyl groups excluding tert-OH is 1. The van der Waals surface area contributed by atoms with E-state index in [2.05, 4.69) is 4.72 Å². The molecule has 0 spiro atoms. The van der Waals surface area contributed by atoms with Gasteiger partial charge in [0.05, 0.1) is 12.4 Å². The van der Waals surface area contributed by atoms with Crippen LogP contribution >= 0.6 is 0 Å². The van der Waals surface area contributed by atoms with E-state index in [9.17, 15) is 21.6 Å². The number of halogens is 3. The zero-order valence-corrected chi connectivity index (χ0v) is 10.6. The van der Waals surface area contributed by atoms with Gasteiger partial charge in [0.2, 0.25) is 10.0 Å². The number of alkyl halides is 3. The summed E-state index contributed by atoms with van der Waals surface area (Å²) in [5.41, 5.74) is 0. The van der Waals surface area contributed by atoms with Crippen LogP contribution in [0.3, 0.4) is 0 Å². The molecular formula is C9H18F3NO3S. The Hall–Kier alpha value is -0.340. The molecule has 0 aromatic rings. The number of nitrogens with one attached hydrogen (secondary N) is 1. The molecule has 0 fully saturated rings. The first-order chi connectivity index (χ1) is 7.57. The molecule has 4 nitrogen and oxygen atoms in total. The average Bonchev–Trinajstić information content (AvgIpc) is 2.11. The van der Waals surface area contributed by atoms with Gasteiger partial charge in [-0.2, -0.15) is 13.2 Å². The minimum Gasteiger partial charge on any atom is -0.395 e. The number of hydrogen-bond acceptors (Lipinski definition) is 3. The van der Waals surface area contributed by atoms with E-state index in [0.29, 0.717) is 0 Å².